The molecule has 3 rings (SSSR count). The predicted molar refractivity (Wildman–Crippen MR) is 108 cm³/mol. The van der Waals surface area contributed by atoms with E-state index in [4.69, 9.17) is 9.47 Å². The Balaban J connectivity index is 2.13. The topological polar surface area (TPSA) is 84.9 Å². The molecule has 1 N–H and O–H groups in total. The molecule has 0 aromatic heterocycles. The normalized spacial score (nSPS) is 15.8. The molecular weight excluding hydrogens is 372 g/mol. The van der Waals surface area contributed by atoms with Crippen molar-refractivity contribution in [2.75, 3.05) is 18.7 Å². The zero-order valence-electron chi connectivity index (χ0n) is 16.9. The Bertz CT molecular complexity index is 948. The number of methoxy groups -OCH3 is 1. The maximum atomic E-state index is 13.5. The van der Waals surface area contributed by atoms with E-state index in [0.29, 0.717) is 11.3 Å². The monoisotopic (exact) mass is 396 g/mol. The molecular formula is C22H24N2O5. The Kier molecular flexibility index (Phi) is 5.70. The number of carbonyl (C=O) groups is 3. The largest absolute Gasteiger partial charge is 0.443 e. The second-order valence-corrected chi connectivity index (χ2v) is 7.72. The van der Waals surface area contributed by atoms with E-state index in [-0.39, 0.29) is 6.61 Å². The van der Waals surface area contributed by atoms with E-state index in [1.54, 1.807) is 45.0 Å². The van der Waals surface area contributed by atoms with Crippen molar-refractivity contribution in [2.45, 2.75) is 32.3 Å². The quantitative estimate of drug-likeness (QED) is 0.801. The Labute approximate surface area is 169 Å². The molecule has 1 aliphatic heterocycles. The van der Waals surface area contributed by atoms with Gasteiger partial charge in [-0.1, -0.05) is 42.5 Å². The van der Waals surface area contributed by atoms with Crippen LogP contribution in [0.4, 0.5) is 10.5 Å². The highest BCUT2D eigenvalue weighted by Crippen LogP contribution is 2.40. The molecule has 2 amide bonds. The highest BCUT2D eigenvalue weighted by atomic mass is 16.6. The first-order chi connectivity index (χ1) is 13.7. The van der Waals surface area contributed by atoms with Gasteiger partial charge >= 0.3 is 6.09 Å². The summed E-state index contributed by atoms with van der Waals surface area (Å²) in [6.07, 6.45) is -0.787. The van der Waals surface area contributed by atoms with Crippen LogP contribution in [-0.4, -0.2) is 37.1 Å². The molecule has 1 heterocycles. The number of amides is 2. The lowest BCUT2D eigenvalue weighted by molar-refractivity contribution is -0.131. The van der Waals surface area contributed by atoms with Crippen LogP contribution in [0.25, 0.3) is 11.1 Å². The zero-order valence-corrected chi connectivity index (χ0v) is 16.9. The summed E-state index contributed by atoms with van der Waals surface area (Å²) in [7, 11) is 1.40. The Morgan fingerprint density at radius 3 is 2.31 bits per heavy atom. The first-order valence-electron chi connectivity index (χ1n) is 9.26. The number of rotatable bonds is 4. The fraction of sp³-hybridized carbons (Fsp3) is 0.318. The van der Waals surface area contributed by atoms with E-state index in [0.717, 1.165) is 16.1 Å². The average Bonchev–Trinajstić information content (AvgIpc) is 2.75. The summed E-state index contributed by atoms with van der Waals surface area (Å²) in [4.78, 5) is 38.7. The molecule has 0 spiro atoms. The van der Waals surface area contributed by atoms with Crippen LogP contribution in [0.3, 0.4) is 0 Å². The lowest BCUT2D eigenvalue weighted by Gasteiger charge is -2.27. The number of fused-ring (bicyclic) bond motifs is 3. The number of anilines is 1. The Morgan fingerprint density at radius 2 is 1.66 bits per heavy atom. The van der Waals surface area contributed by atoms with Crippen LogP contribution >= 0.6 is 0 Å². The van der Waals surface area contributed by atoms with E-state index in [9.17, 15) is 14.4 Å². The number of ketones is 1. The smallest absolute Gasteiger partial charge is 0.427 e. The van der Waals surface area contributed by atoms with E-state index in [1.165, 1.54) is 7.11 Å². The molecule has 152 valence electrons. The van der Waals surface area contributed by atoms with Gasteiger partial charge in [0.15, 0.2) is 5.78 Å². The van der Waals surface area contributed by atoms with Crippen molar-refractivity contribution in [3.8, 4) is 11.1 Å². The van der Waals surface area contributed by atoms with Crippen LogP contribution in [0.2, 0.25) is 0 Å². The van der Waals surface area contributed by atoms with Gasteiger partial charge < -0.3 is 9.47 Å². The molecule has 0 saturated heterocycles. The Hall–Kier alpha value is -3.19. The van der Waals surface area contributed by atoms with E-state index < -0.39 is 29.3 Å². The third kappa shape index (κ3) is 4.30. The molecule has 0 saturated carbocycles. The molecule has 0 unspecified atom stereocenters. The maximum absolute atomic E-state index is 13.5. The van der Waals surface area contributed by atoms with Gasteiger partial charge in [0.2, 0.25) is 0 Å². The molecule has 7 heteroatoms. The van der Waals surface area contributed by atoms with Crippen molar-refractivity contribution in [2.24, 2.45) is 0 Å². The summed E-state index contributed by atoms with van der Waals surface area (Å²) in [6, 6.07) is 14.4. The van der Waals surface area contributed by atoms with Crippen LogP contribution < -0.4 is 10.4 Å². The van der Waals surface area contributed by atoms with Crippen molar-refractivity contribution in [3.05, 3.63) is 54.1 Å². The van der Waals surface area contributed by atoms with Crippen LogP contribution in [0.5, 0.6) is 0 Å². The SMILES string of the molecule is COCC(=O)[C@H]1C(=O)N(NC(=O)OC(C)(C)C)c2ccccc2-c2ccccc21. The van der Waals surface area contributed by atoms with E-state index >= 15 is 0 Å². The number of hydrazine groups is 1. The van der Waals surface area contributed by atoms with Crippen molar-refractivity contribution in [1.29, 1.82) is 0 Å². The summed E-state index contributed by atoms with van der Waals surface area (Å²) in [5.41, 5.74) is 4.27. The van der Waals surface area contributed by atoms with Gasteiger partial charge in [0, 0.05) is 12.7 Å². The maximum Gasteiger partial charge on any atom is 0.427 e. The lowest BCUT2D eigenvalue weighted by atomic mass is 9.88. The standard InChI is InChI=1S/C22H24N2O5/c1-22(2,3)29-21(27)23-24-17-12-8-7-10-15(17)14-9-5-6-11-16(14)19(20(24)26)18(25)13-28-4/h5-12,19H,13H2,1-4H3,(H,23,27)/t19-/m0/s1. The van der Waals surface area contributed by atoms with E-state index in [1.807, 2.05) is 24.3 Å². The summed E-state index contributed by atoms with van der Waals surface area (Å²) in [6.45, 7) is 4.96. The highest BCUT2D eigenvalue weighted by Gasteiger charge is 2.39. The summed E-state index contributed by atoms with van der Waals surface area (Å²) in [5.74, 6) is -2.09. The zero-order chi connectivity index (χ0) is 21.2. The minimum absolute atomic E-state index is 0.221. The fourth-order valence-corrected chi connectivity index (χ4v) is 3.32. The molecule has 2 aromatic carbocycles. The number of nitrogens with one attached hydrogen (secondary N) is 1. The third-order valence-electron chi connectivity index (χ3n) is 4.38. The molecule has 7 nitrogen and oxygen atoms in total. The predicted octanol–water partition coefficient (Wildman–Crippen LogP) is 3.44. The molecule has 29 heavy (non-hydrogen) atoms. The fourth-order valence-electron chi connectivity index (χ4n) is 3.32. The van der Waals surface area contributed by atoms with Crippen molar-refractivity contribution >= 4 is 23.5 Å². The number of benzene rings is 2. The van der Waals surface area contributed by atoms with Crippen LogP contribution in [0.15, 0.2) is 48.5 Å². The number of nitrogens with zero attached hydrogens (tertiary/aromatic N) is 1. The summed E-state index contributed by atoms with van der Waals surface area (Å²) >= 11 is 0. The van der Waals surface area contributed by atoms with Gasteiger partial charge in [0.25, 0.3) is 5.91 Å². The van der Waals surface area contributed by atoms with Gasteiger partial charge in [-0.3, -0.25) is 9.59 Å². The van der Waals surface area contributed by atoms with Crippen LogP contribution in [0, 0.1) is 0 Å². The number of Topliss-reactive ketones (excluding diaryl/α,β-unsaturated/α-hetero) is 1. The molecule has 0 aliphatic carbocycles. The van der Waals surface area contributed by atoms with Gasteiger partial charge in [-0.15, -0.1) is 0 Å². The molecule has 0 radical (unpaired) electrons. The summed E-state index contributed by atoms with van der Waals surface area (Å²) in [5, 5.41) is 1.10. The number of hydrogen-bond acceptors (Lipinski definition) is 5. The van der Waals surface area contributed by atoms with Crippen LogP contribution in [-0.2, 0) is 19.1 Å². The van der Waals surface area contributed by atoms with Gasteiger partial charge in [-0.2, -0.15) is 0 Å². The number of carbonyl (C=O) groups excluding carboxylic acids is 3. The molecule has 2 aromatic rings. The number of ether oxygens (including phenoxy) is 2. The first-order valence-corrected chi connectivity index (χ1v) is 9.26. The molecule has 0 bridgehead atoms. The minimum atomic E-state index is -1.12. The number of para-hydroxylation sites is 1. The van der Waals surface area contributed by atoms with Crippen LogP contribution in [0.1, 0.15) is 32.3 Å². The van der Waals surface area contributed by atoms with Gasteiger partial charge in [0.05, 0.1) is 5.69 Å². The second-order valence-electron chi connectivity index (χ2n) is 7.72. The average molecular weight is 396 g/mol. The highest BCUT2D eigenvalue weighted by molar-refractivity contribution is 6.17. The van der Waals surface area contributed by atoms with Crippen molar-refractivity contribution < 1.29 is 23.9 Å². The minimum Gasteiger partial charge on any atom is -0.443 e. The first kappa shape index (κ1) is 20.5. The van der Waals surface area contributed by atoms with E-state index in [2.05, 4.69) is 5.43 Å². The van der Waals surface area contributed by atoms with Gasteiger partial charge in [0.1, 0.15) is 18.1 Å². The Morgan fingerprint density at radius 1 is 1.03 bits per heavy atom. The molecule has 1 aliphatic rings. The summed E-state index contributed by atoms with van der Waals surface area (Å²) < 4.78 is 10.3. The molecule has 0 fully saturated rings. The van der Waals surface area contributed by atoms with Crippen molar-refractivity contribution in [3.63, 3.8) is 0 Å². The third-order valence-corrected chi connectivity index (χ3v) is 4.38. The van der Waals surface area contributed by atoms with Gasteiger partial charge in [-0.25, -0.2) is 15.2 Å². The molecule has 1 atom stereocenters. The lowest BCUT2D eigenvalue weighted by Crippen LogP contribution is -2.51. The van der Waals surface area contributed by atoms with Gasteiger partial charge in [-0.05, 0) is 38.0 Å². The van der Waals surface area contributed by atoms with Crippen molar-refractivity contribution in [1.82, 2.24) is 5.43 Å². The second kappa shape index (κ2) is 8.05. The number of hydrogen-bond donors (Lipinski definition) is 1.